The summed E-state index contributed by atoms with van der Waals surface area (Å²) >= 11 is 0. The van der Waals surface area contributed by atoms with E-state index in [2.05, 4.69) is 10.5 Å². The lowest BCUT2D eigenvalue weighted by molar-refractivity contribution is 0.0927. The van der Waals surface area contributed by atoms with Crippen molar-refractivity contribution in [1.82, 2.24) is 5.43 Å². The zero-order valence-electron chi connectivity index (χ0n) is 7.23. The molecule has 0 aromatic carbocycles. The molecule has 0 spiro atoms. The van der Waals surface area contributed by atoms with E-state index in [4.69, 9.17) is 4.42 Å². The molecule has 13 heavy (non-hydrogen) atoms. The molecule has 1 amide bonds. The van der Waals surface area contributed by atoms with Crippen LogP contribution in [0.25, 0.3) is 0 Å². The first-order chi connectivity index (χ1) is 6.34. The molecule has 1 heterocycles. The smallest absolute Gasteiger partial charge is 0.307 e. The van der Waals surface area contributed by atoms with Crippen LogP contribution in [-0.2, 0) is 0 Å². The van der Waals surface area contributed by atoms with E-state index in [1.165, 1.54) is 12.5 Å². The van der Waals surface area contributed by atoms with Gasteiger partial charge in [-0.05, 0) is 25.1 Å². The van der Waals surface area contributed by atoms with Crippen LogP contribution in [0, 0.1) is 0 Å². The van der Waals surface area contributed by atoms with E-state index >= 15 is 0 Å². The van der Waals surface area contributed by atoms with Crippen LogP contribution < -0.4 is 5.43 Å². The van der Waals surface area contributed by atoms with Crippen LogP contribution in [-0.4, -0.2) is 12.1 Å². The van der Waals surface area contributed by atoms with E-state index in [1.807, 2.05) is 13.0 Å². The molecule has 4 nitrogen and oxygen atoms in total. The summed E-state index contributed by atoms with van der Waals surface area (Å²) in [6.45, 7) is 1.86. The highest BCUT2D eigenvalue weighted by Crippen LogP contribution is 1.98. The molecular formula is C9H10N2O2. The number of rotatable bonds is 3. The summed E-state index contributed by atoms with van der Waals surface area (Å²) in [4.78, 5) is 11.1. The van der Waals surface area contributed by atoms with E-state index < -0.39 is 0 Å². The maximum atomic E-state index is 11.1. The van der Waals surface area contributed by atoms with Gasteiger partial charge in [-0.15, -0.1) is 0 Å². The fourth-order valence-corrected chi connectivity index (χ4v) is 0.688. The van der Waals surface area contributed by atoms with Gasteiger partial charge < -0.3 is 4.42 Å². The van der Waals surface area contributed by atoms with Gasteiger partial charge in [0.15, 0.2) is 5.76 Å². The van der Waals surface area contributed by atoms with E-state index in [9.17, 15) is 4.79 Å². The topological polar surface area (TPSA) is 54.6 Å². The van der Waals surface area contributed by atoms with E-state index in [1.54, 1.807) is 18.2 Å². The maximum Gasteiger partial charge on any atom is 0.307 e. The molecule has 1 N–H and O–H groups in total. The van der Waals surface area contributed by atoms with Crippen LogP contribution in [0.5, 0.6) is 0 Å². The highest BCUT2D eigenvalue weighted by molar-refractivity contribution is 5.91. The normalized spacial score (nSPS) is 11.2. The van der Waals surface area contributed by atoms with Crippen molar-refractivity contribution in [1.29, 1.82) is 0 Å². The number of hydrogen-bond donors (Lipinski definition) is 1. The first kappa shape index (κ1) is 9.25. The van der Waals surface area contributed by atoms with Gasteiger partial charge in [0.25, 0.3) is 0 Å². The number of hydrogen-bond acceptors (Lipinski definition) is 3. The van der Waals surface area contributed by atoms with Gasteiger partial charge in [0, 0.05) is 6.21 Å². The number of nitrogens with zero attached hydrogens (tertiary/aromatic N) is 1. The molecule has 0 unspecified atom stereocenters. The monoisotopic (exact) mass is 178 g/mol. The molecule has 1 aromatic heterocycles. The second kappa shape index (κ2) is 4.92. The molecule has 0 aliphatic carbocycles. The third kappa shape index (κ3) is 2.94. The number of carbonyl (C=O) groups excluding carboxylic acids is 1. The Morgan fingerprint density at radius 3 is 3.15 bits per heavy atom. The molecular weight excluding hydrogens is 168 g/mol. The van der Waals surface area contributed by atoms with Gasteiger partial charge in [0.1, 0.15) is 0 Å². The highest BCUT2D eigenvalue weighted by Gasteiger charge is 2.05. The second-order valence-corrected chi connectivity index (χ2v) is 2.22. The minimum absolute atomic E-state index is 0.248. The van der Waals surface area contributed by atoms with Crippen molar-refractivity contribution in [3.05, 3.63) is 36.3 Å². The van der Waals surface area contributed by atoms with Gasteiger partial charge in [-0.1, -0.05) is 6.08 Å². The van der Waals surface area contributed by atoms with Crippen molar-refractivity contribution < 1.29 is 9.21 Å². The molecule has 0 radical (unpaired) electrons. The minimum atomic E-state index is -0.356. The number of carbonyl (C=O) groups is 1. The predicted molar refractivity (Wildman–Crippen MR) is 49.5 cm³/mol. The van der Waals surface area contributed by atoms with Crippen LogP contribution in [0.1, 0.15) is 17.5 Å². The standard InChI is InChI=1S/C9H10N2O2/c1-2-3-6-10-11-9(12)8-5-4-7-13-8/h2-7H,1H3,(H,11,12)/b3-2+,10-6-. The molecule has 0 fully saturated rings. The molecule has 0 saturated heterocycles. The third-order valence-corrected chi connectivity index (χ3v) is 1.26. The Bertz CT molecular complexity index is 312. The molecule has 0 bridgehead atoms. The van der Waals surface area contributed by atoms with Crippen molar-refractivity contribution in [3.8, 4) is 0 Å². The summed E-state index contributed by atoms with van der Waals surface area (Å²) in [5.74, 6) is -0.108. The predicted octanol–water partition coefficient (Wildman–Crippen LogP) is 1.57. The summed E-state index contributed by atoms with van der Waals surface area (Å²) in [6.07, 6.45) is 6.44. The Kier molecular flexibility index (Phi) is 3.50. The maximum absolute atomic E-state index is 11.1. The largest absolute Gasteiger partial charge is 0.459 e. The SMILES string of the molecule is C/C=C/C=N\NC(=O)c1ccco1. The minimum Gasteiger partial charge on any atom is -0.459 e. The van der Waals surface area contributed by atoms with Crippen molar-refractivity contribution in [2.75, 3.05) is 0 Å². The third-order valence-electron chi connectivity index (χ3n) is 1.26. The van der Waals surface area contributed by atoms with Gasteiger partial charge in [-0.2, -0.15) is 5.10 Å². The quantitative estimate of drug-likeness (QED) is 0.564. The Morgan fingerprint density at radius 2 is 2.54 bits per heavy atom. The average molecular weight is 178 g/mol. The van der Waals surface area contributed by atoms with Crippen molar-refractivity contribution in [2.24, 2.45) is 5.10 Å². The zero-order chi connectivity index (χ0) is 9.52. The highest BCUT2D eigenvalue weighted by atomic mass is 16.3. The van der Waals surface area contributed by atoms with Crippen LogP contribution in [0.2, 0.25) is 0 Å². The molecule has 4 heteroatoms. The molecule has 1 aromatic rings. The van der Waals surface area contributed by atoms with Gasteiger partial charge in [-0.3, -0.25) is 4.79 Å². The molecule has 0 aliphatic rings. The first-order valence-corrected chi connectivity index (χ1v) is 3.83. The van der Waals surface area contributed by atoms with Crippen LogP contribution in [0.4, 0.5) is 0 Å². The summed E-state index contributed by atoms with van der Waals surface area (Å²) in [7, 11) is 0. The number of allylic oxidation sites excluding steroid dienone is 2. The summed E-state index contributed by atoms with van der Waals surface area (Å²) in [5, 5.41) is 3.65. The zero-order valence-corrected chi connectivity index (χ0v) is 7.23. The lowest BCUT2D eigenvalue weighted by Gasteiger charge is -1.92. The summed E-state index contributed by atoms with van der Waals surface area (Å²) < 4.78 is 4.85. The lowest BCUT2D eigenvalue weighted by Crippen LogP contribution is -2.16. The Balaban J connectivity index is 2.43. The molecule has 1 rings (SSSR count). The van der Waals surface area contributed by atoms with Gasteiger partial charge in [-0.25, -0.2) is 5.43 Å². The number of amides is 1. The van der Waals surface area contributed by atoms with Crippen molar-refractivity contribution >= 4 is 12.1 Å². The average Bonchev–Trinajstić information content (AvgIpc) is 2.65. The number of hydrazone groups is 1. The molecule has 0 saturated carbocycles. The Hall–Kier alpha value is -1.84. The molecule has 0 atom stereocenters. The molecule has 0 aliphatic heterocycles. The number of furan rings is 1. The van der Waals surface area contributed by atoms with Crippen LogP contribution >= 0.6 is 0 Å². The van der Waals surface area contributed by atoms with Crippen molar-refractivity contribution in [2.45, 2.75) is 6.92 Å². The van der Waals surface area contributed by atoms with Crippen LogP contribution in [0.15, 0.2) is 40.1 Å². The van der Waals surface area contributed by atoms with E-state index in [0.29, 0.717) is 0 Å². The Labute approximate surface area is 75.9 Å². The summed E-state index contributed by atoms with van der Waals surface area (Å²) in [6, 6.07) is 3.21. The number of nitrogens with one attached hydrogen (secondary N) is 1. The second-order valence-electron chi connectivity index (χ2n) is 2.22. The van der Waals surface area contributed by atoms with Crippen LogP contribution in [0.3, 0.4) is 0 Å². The summed E-state index contributed by atoms with van der Waals surface area (Å²) in [5.41, 5.74) is 2.31. The van der Waals surface area contributed by atoms with Gasteiger partial charge in [0.2, 0.25) is 0 Å². The van der Waals surface area contributed by atoms with E-state index in [0.717, 1.165) is 0 Å². The van der Waals surface area contributed by atoms with Crippen molar-refractivity contribution in [3.63, 3.8) is 0 Å². The fourth-order valence-electron chi connectivity index (χ4n) is 0.688. The fraction of sp³-hybridized carbons (Fsp3) is 0.111. The van der Waals surface area contributed by atoms with Gasteiger partial charge in [0.05, 0.1) is 6.26 Å². The Morgan fingerprint density at radius 1 is 1.69 bits per heavy atom. The van der Waals surface area contributed by atoms with E-state index in [-0.39, 0.29) is 11.7 Å². The van der Waals surface area contributed by atoms with Gasteiger partial charge >= 0.3 is 5.91 Å². The molecule has 68 valence electrons. The lowest BCUT2D eigenvalue weighted by atomic mass is 10.4. The first-order valence-electron chi connectivity index (χ1n) is 3.83.